The van der Waals surface area contributed by atoms with Crippen molar-refractivity contribution < 1.29 is 19.6 Å². The van der Waals surface area contributed by atoms with Crippen molar-refractivity contribution in [1.82, 2.24) is 10.4 Å². The number of para-hydroxylation sites is 1. The molecule has 1 heterocycles. The van der Waals surface area contributed by atoms with E-state index in [0.29, 0.717) is 24.3 Å². The number of nitrogens with one attached hydrogen (secondary N) is 3. The van der Waals surface area contributed by atoms with E-state index >= 15 is 0 Å². The average Bonchev–Trinajstić information content (AvgIpc) is 3.03. The first-order valence-corrected chi connectivity index (χ1v) is 9.34. The summed E-state index contributed by atoms with van der Waals surface area (Å²) in [6.45, 7) is 3.83. The largest absolute Gasteiger partial charge is 0.330 e. The molecule has 1 fully saturated rings. The van der Waals surface area contributed by atoms with Crippen LogP contribution in [0.5, 0.6) is 0 Å². The van der Waals surface area contributed by atoms with Crippen molar-refractivity contribution in [3.8, 4) is 0 Å². The summed E-state index contributed by atoms with van der Waals surface area (Å²) in [7, 11) is 0. The van der Waals surface area contributed by atoms with Crippen LogP contribution in [0.25, 0.3) is 0 Å². The molecular weight excluding hydrogens is 372 g/mol. The lowest BCUT2D eigenvalue weighted by Gasteiger charge is -2.27. The van der Waals surface area contributed by atoms with Gasteiger partial charge in [0, 0.05) is 17.9 Å². The van der Waals surface area contributed by atoms with Gasteiger partial charge < -0.3 is 15.5 Å². The first-order valence-electron chi connectivity index (χ1n) is 9.34. The topological polar surface area (TPSA) is 111 Å². The molecule has 0 aromatic heterocycles. The normalized spacial score (nSPS) is 19.6. The van der Waals surface area contributed by atoms with Gasteiger partial charge in [-0.1, -0.05) is 30.3 Å². The summed E-state index contributed by atoms with van der Waals surface area (Å²) in [5.74, 6) is -0.789. The number of benzene rings is 2. The molecule has 1 saturated heterocycles. The molecule has 2 aromatic carbocycles. The number of hydrogen-bond donors (Lipinski definition) is 4. The van der Waals surface area contributed by atoms with E-state index < -0.39 is 17.4 Å². The number of anilines is 2. The van der Waals surface area contributed by atoms with E-state index in [1.807, 2.05) is 25.1 Å². The van der Waals surface area contributed by atoms with Crippen molar-refractivity contribution in [3.05, 3.63) is 60.2 Å². The Labute approximate surface area is 168 Å². The molecule has 8 heteroatoms. The zero-order chi connectivity index (χ0) is 21.0. The lowest BCUT2D eigenvalue weighted by atomic mass is 9.81. The number of urea groups is 1. The molecule has 0 saturated carbocycles. The van der Waals surface area contributed by atoms with E-state index in [4.69, 9.17) is 5.21 Å². The predicted molar refractivity (Wildman–Crippen MR) is 109 cm³/mol. The van der Waals surface area contributed by atoms with Gasteiger partial charge in [-0.05, 0) is 50.1 Å². The standard InChI is InChI=1S/C21H24N4O4/c1-14(18(26)24-29)25-13-12-21(2,19(25)27)15-8-10-17(11-9-15)23-20(28)22-16-6-4-3-5-7-16/h3-11,14,29H,12-13H2,1-2H3,(H,24,26)(H2,22,23,28). The summed E-state index contributed by atoms with van der Waals surface area (Å²) in [5.41, 5.74) is 2.91. The van der Waals surface area contributed by atoms with Crippen LogP contribution < -0.4 is 16.1 Å². The van der Waals surface area contributed by atoms with Crippen molar-refractivity contribution >= 4 is 29.2 Å². The Morgan fingerprint density at radius 3 is 2.21 bits per heavy atom. The summed E-state index contributed by atoms with van der Waals surface area (Å²) >= 11 is 0. The third kappa shape index (κ3) is 4.22. The molecule has 4 N–H and O–H groups in total. The van der Waals surface area contributed by atoms with Gasteiger partial charge in [0.05, 0.1) is 5.41 Å². The molecule has 2 atom stereocenters. The Bertz CT molecular complexity index is 901. The maximum atomic E-state index is 12.9. The van der Waals surface area contributed by atoms with E-state index in [1.165, 1.54) is 4.90 Å². The quantitative estimate of drug-likeness (QED) is 0.460. The van der Waals surface area contributed by atoms with Crippen LogP contribution >= 0.6 is 0 Å². The Hall–Kier alpha value is -3.39. The zero-order valence-corrected chi connectivity index (χ0v) is 16.3. The summed E-state index contributed by atoms with van der Waals surface area (Å²) in [6.07, 6.45) is 0.552. The monoisotopic (exact) mass is 396 g/mol. The van der Waals surface area contributed by atoms with E-state index in [1.54, 1.807) is 48.8 Å². The SMILES string of the molecule is CC(C(=O)NO)N1CCC(C)(c2ccc(NC(=O)Nc3ccccc3)cc2)C1=O. The number of likely N-dealkylation sites (tertiary alicyclic amines) is 1. The molecule has 0 radical (unpaired) electrons. The van der Waals surface area contributed by atoms with Crippen molar-refractivity contribution in [1.29, 1.82) is 0 Å². The van der Waals surface area contributed by atoms with Crippen LogP contribution in [-0.2, 0) is 15.0 Å². The number of amides is 4. The third-order valence-corrected chi connectivity index (χ3v) is 5.35. The number of nitrogens with zero attached hydrogens (tertiary/aromatic N) is 1. The highest BCUT2D eigenvalue weighted by molar-refractivity contribution is 6.00. The second-order valence-electron chi connectivity index (χ2n) is 7.26. The van der Waals surface area contributed by atoms with Crippen LogP contribution in [0.3, 0.4) is 0 Å². The van der Waals surface area contributed by atoms with Gasteiger partial charge in [-0.15, -0.1) is 0 Å². The molecule has 29 heavy (non-hydrogen) atoms. The van der Waals surface area contributed by atoms with Crippen LogP contribution in [0.1, 0.15) is 25.8 Å². The molecule has 2 unspecified atom stereocenters. The number of hydrogen-bond acceptors (Lipinski definition) is 4. The predicted octanol–water partition coefficient (Wildman–Crippen LogP) is 2.71. The van der Waals surface area contributed by atoms with Gasteiger partial charge in [-0.2, -0.15) is 0 Å². The summed E-state index contributed by atoms with van der Waals surface area (Å²) in [5, 5.41) is 14.3. The molecule has 4 amide bonds. The summed E-state index contributed by atoms with van der Waals surface area (Å²) < 4.78 is 0. The summed E-state index contributed by atoms with van der Waals surface area (Å²) in [6, 6.07) is 15.1. The fourth-order valence-corrected chi connectivity index (χ4v) is 3.48. The van der Waals surface area contributed by atoms with Gasteiger partial charge in [0.1, 0.15) is 6.04 Å². The Balaban J connectivity index is 1.67. The average molecular weight is 396 g/mol. The minimum Gasteiger partial charge on any atom is -0.330 e. The Kier molecular flexibility index (Phi) is 5.84. The molecule has 0 spiro atoms. The Morgan fingerprint density at radius 1 is 1.03 bits per heavy atom. The van der Waals surface area contributed by atoms with Crippen LogP contribution in [0.15, 0.2) is 54.6 Å². The number of carbonyl (C=O) groups is 3. The minimum atomic E-state index is -0.769. The fourth-order valence-electron chi connectivity index (χ4n) is 3.48. The number of hydroxylamine groups is 1. The molecule has 8 nitrogen and oxygen atoms in total. The minimum absolute atomic E-state index is 0.170. The number of carbonyl (C=O) groups excluding carboxylic acids is 3. The van der Waals surface area contributed by atoms with Crippen LogP contribution in [0.2, 0.25) is 0 Å². The molecular formula is C21H24N4O4. The number of rotatable bonds is 5. The van der Waals surface area contributed by atoms with Gasteiger partial charge in [0.15, 0.2) is 0 Å². The highest BCUT2D eigenvalue weighted by atomic mass is 16.5. The second kappa shape index (κ2) is 8.32. The van der Waals surface area contributed by atoms with Crippen molar-refractivity contribution in [2.24, 2.45) is 0 Å². The lowest BCUT2D eigenvalue weighted by Crippen LogP contribution is -2.47. The van der Waals surface area contributed by atoms with E-state index in [2.05, 4.69) is 10.6 Å². The molecule has 1 aliphatic rings. The first kappa shape index (κ1) is 20.3. The third-order valence-electron chi connectivity index (χ3n) is 5.35. The van der Waals surface area contributed by atoms with Gasteiger partial charge in [0.2, 0.25) is 5.91 Å². The van der Waals surface area contributed by atoms with Crippen LogP contribution in [-0.4, -0.2) is 40.5 Å². The van der Waals surface area contributed by atoms with Crippen LogP contribution in [0.4, 0.5) is 16.2 Å². The van der Waals surface area contributed by atoms with Gasteiger partial charge in [-0.3, -0.25) is 14.8 Å². The second-order valence-corrected chi connectivity index (χ2v) is 7.26. The molecule has 0 aliphatic carbocycles. The van der Waals surface area contributed by atoms with Gasteiger partial charge in [-0.25, -0.2) is 10.3 Å². The van der Waals surface area contributed by atoms with E-state index in [9.17, 15) is 14.4 Å². The highest BCUT2D eigenvalue weighted by Gasteiger charge is 2.46. The molecule has 1 aliphatic heterocycles. The zero-order valence-electron chi connectivity index (χ0n) is 16.3. The van der Waals surface area contributed by atoms with Crippen molar-refractivity contribution in [3.63, 3.8) is 0 Å². The van der Waals surface area contributed by atoms with Crippen LogP contribution in [0, 0.1) is 0 Å². The van der Waals surface area contributed by atoms with Gasteiger partial charge >= 0.3 is 6.03 Å². The van der Waals surface area contributed by atoms with Crippen molar-refractivity contribution in [2.45, 2.75) is 31.7 Å². The highest BCUT2D eigenvalue weighted by Crippen LogP contribution is 2.36. The lowest BCUT2D eigenvalue weighted by molar-refractivity contribution is -0.143. The summed E-state index contributed by atoms with van der Waals surface area (Å²) in [4.78, 5) is 38.2. The fraction of sp³-hybridized carbons (Fsp3) is 0.286. The molecule has 3 rings (SSSR count). The van der Waals surface area contributed by atoms with Gasteiger partial charge in [0.25, 0.3) is 5.91 Å². The molecule has 2 aromatic rings. The smallest absolute Gasteiger partial charge is 0.323 e. The maximum Gasteiger partial charge on any atom is 0.323 e. The molecule has 152 valence electrons. The first-order chi connectivity index (χ1) is 13.8. The maximum absolute atomic E-state index is 12.9. The van der Waals surface area contributed by atoms with E-state index in [-0.39, 0.29) is 11.9 Å². The van der Waals surface area contributed by atoms with E-state index in [0.717, 1.165) is 5.56 Å². The Morgan fingerprint density at radius 2 is 1.62 bits per heavy atom. The van der Waals surface area contributed by atoms with Crippen molar-refractivity contribution in [2.75, 3.05) is 17.2 Å². The molecule has 0 bridgehead atoms.